The Morgan fingerprint density at radius 1 is 0.508 bits per heavy atom. The van der Waals surface area contributed by atoms with Crippen LogP contribution in [0.15, 0.2) is 108 Å². The van der Waals surface area contributed by atoms with Gasteiger partial charge in [-0.25, -0.2) is 17.6 Å². The molecule has 0 fully saturated rings. The molecule has 0 N–H and O–H groups in total. The molecule has 8 aromatic rings. The quantitative estimate of drug-likeness (QED) is 0.0485. The maximum atomic E-state index is 15.1. The zero-order chi connectivity index (χ0) is 45.1. The summed E-state index contributed by atoms with van der Waals surface area (Å²) >= 11 is 4.85. The fourth-order valence-corrected chi connectivity index (χ4v) is 14.0. The molecule has 0 bridgehead atoms. The first-order valence-corrected chi connectivity index (χ1v) is 22.8. The van der Waals surface area contributed by atoms with Crippen LogP contribution in [0, 0.1) is 23.3 Å². The second-order valence-electron chi connectivity index (χ2n) is 15.2. The van der Waals surface area contributed by atoms with Crippen molar-refractivity contribution >= 4 is 111 Å². The highest BCUT2D eigenvalue weighted by atomic mass is 32.1. The van der Waals surface area contributed by atoms with Crippen molar-refractivity contribution in [2.45, 2.75) is 18.6 Å². The van der Waals surface area contributed by atoms with E-state index in [0.29, 0.717) is 74.4 Å². The molecule has 0 saturated carbocycles. The molecule has 3 aliphatic carbocycles. The summed E-state index contributed by atoms with van der Waals surface area (Å²) in [4.78, 5) is 85.4. The number of allylic oxidation sites excluding steroid dienone is 2. The van der Waals surface area contributed by atoms with Crippen molar-refractivity contribution in [3.8, 4) is 9.75 Å². The molecular weight excluding hydrogens is 921 g/mol. The van der Waals surface area contributed by atoms with Gasteiger partial charge in [0.15, 0.2) is 46.4 Å². The predicted octanol–water partition coefficient (Wildman–Crippen LogP) is 11.5. The second-order valence-corrected chi connectivity index (χ2v) is 19.5. The van der Waals surface area contributed by atoms with Crippen LogP contribution in [0.1, 0.15) is 73.4 Å². The van der Waals surface area contributed by atoms with Crippen molar-refractivity contribution in [1.82, 2.24) is 0 Å². The van der Waals surface area contributed by atoms with Crippen molar-refractivity contribution in [3.63, 3.8) is 0 Å². The molecule has 0 atom stereocenters. The zero-order valence-electron chi connectivity index (χ0n) is 32.7. The summed E-state index contributed by atoms with van der Waals surface area (Å²) in [5, 5.41) is 0. The standard InChI is InChI=1S/C49H22F4O8S4/c50-32-15-25-26(16-33(32)51)39(55)29(38(25)54)11-23-13-31-42(62-23)44-37(49(31,47(58)60-19-21-7-3-1-4-8-21)48(59)61-20-22-9-5-2-6-10-22)45-46(65-44)43-36(64-45)14-24(63-43)12-30-40(56)27-17-34(52)35(53)18-28(27)41(30)57/h1-18H,19-20H2. The molecule has 4 heterocycles. The molecule has 4 aromatic heterocycles. The molecule has 0 amide bonds. The molecule has 11 rings (SSSR count). The fraction of sp³-hybridized carbons (Fsp3) is 0.0612. The van der Waals surface area contributed by atoms with Gasteiger partial charge in [-0.3, -0.25) is 28.8 Å². The van der Waals surface area contributed by atoms with Gasteiger partial charge >= 0.3 is 11.9 Å². The summed E-state index contributed by atoms with van der Waals surface area (Å²) in [7, 11) is 0. The minimum absolute atomic E-state index is 0.189. The van der Waals surface area contributed by atoms with Crippen molar-refractivity contribution < 1.29 is 55.8 Å². The minimum Gasteiger partial charge on any atom is -0.459 e. The van der Waals surface area contributed by atoms with Gasteiger partial charge in [-0.1, -0.05) is 60.7 Å². The highest BCUT2D eigenvalue weighted by molar-refractivity contribution is 7.40. The maximum Gasteiger partial charge on any atom is 0.333 e. The number of Topliss-reactive ketones (excluding diaryl/α,β-unsaturated/α-hetero) is 4. The van der Waals surface area contributed by atoms with Gasteiger partial charge in [-0.05, 0) is 59.7 Å². The monoisotopic (exact) mass is 942 g/mol. The van der Waals surface area contributed by atoms with Crippen LogP contribution in [0.25, 0.3) is 40.7 Å². The number of ketones is 4. The van der Waals surface area contributed by atoms with Crippen LogP contribution >= 0.6 is 45.3 Å². The average molecular weight is 943 g/mol. The molecule has 0 spiro atoms. The van der Waals surface area contributed by atoms with E-state index in [1.807, 2.05) is 0 Å². The van der Waals surface area contributed by atoms with Gasteiger partial charge in [-0.2, -0.15) is 0 Å². The molecule has 0 unspecified atom stereocenters. The van der Waals surface area contributed by atoms with E-state index in [1.165, 1.54) is 52.2 Å². The Labute approximate surface area is 379 Å². The van der Waals surface area contributed by atoms with Crippen LogP contribution in [0.4, 0.5) is 17.6 Å². The smallest absolute Gasteiger partial charge is 0.333 e. The van der Waals surface area contributed by atoms with Crippen molar-refractivity contribution in [2.24, 2.45) is 0 Å². The summed E-state index contributed by atoms with van der Waals surface area (Å²) in [6.07, 6.45) is 2.65. The van der Waals surface area contributed by atoms with E-state index in [2.05, 4.69) is 0 Å². The number of thiophene rings is 4. The molecule has 0 radical (unpaired) electrons. The van der Waals surface area contributed by atoms with Gasteiger partial charge < -0.3 is 9.47 Å². The number of rotatable bonds is 8. The fourth-order valence-electron chi connectivity index (χ4n) is 8.38. The number of ether oxygens (including phenoxy) is 2. The third kappa shape index (κ3) is 6.19. The SMILES string of the molecule is O=C1C(=Cc2cc3c(s2)-c2sc4c(sc5cc(C=C6C(=O)c7cc(F)c(F)cc7C6=O)sc54)c2C3(C(=O)OCc2ccccc2)C(=O)OCc2ccccc2)C(=O)c2cc(F)c(F)cc21. The zero-order valence-corrected chi connectivity index (χ0v) is 36.0. The highest BCUT2D eigenvalue weighted by Crippen LogP contribution is 2.62. The molecule has 4 aromatic carbocycles. The molecule has 318 valence electrons. The number of halogens is 4. The highest BCUT2D eigenvalue weighted by Gasteiger charge is 2.61. The molecule has 0 saturated heterocycles. The number of esters is 2. The average Bonchev–Trinajstić information content (AvgIpc) is 4.16. The number of carbonyl (C=O) groups excluding carboxylic acids is 6. The first-order valence-electron chi connectivity index (χ1n) is 19.5. The Bertz CT molecular complexity index is 3410. The van der Waals surface area contributed by atoms with E-state index >= 15 is 9.59 Å². The number of benzene rings is 4. The molecule has 65 heavy (non-hydrogen) atoms. The maximum absolute atomic E-state index is 15.1. The Balaban J connectivity index is 1.07. The van der Waals surface area contributed by atoms with Crippen molar-refractivity contribution in [3.05, 3.63) is 186 Å². The van der Waals surface area contributed by atoms with E-state index in [-0.39, 0.29) is 57.1 Å². The van der Waals surface area contributed by atoms with Crippen LogP contribution < -0.4 is 0 Å². The van der Waals surface area contributed by atoms with Gasteiger partial charge in [0.25, 0.3) is 0 Å². The molecule has 8 nitrogen and oxygen atoms in total. The molecular formula is C49H22F4O8S4. The van der Waals surface area contributed by atoms with Crippen LogP contribution in [-0.2, 0) is 37.7 Å². The van der Waals surface area contributed by atoms with Gasteiger partial charge in [0.05, 0.1) is 35.0 Å². The van der Waals surface area contributed by atoms with Crippen LogP contribution in [-0.4, -0.2) is 35.1 Å². The normalized spacial score (nSPS) is 14.6. The summed E-state index contributed by atoms with van der Waals surface area (Å²) in [5.74, 6) is -10.1. The van der Waals surface area contributed by atoms with Gasteiger partial charge in [-0.15, -0.1) is 45.3 Å². The van der Waals surface area contributed by atoms with E-state index in [1.54, 1.807) is 66.7 Å². The minimum atomic E-state index is -2.24. The first kappa shape index (κ1) is 40.8. The Hall–Kier alpha value is -6.98. The van der Waals surface area contributed by atoms with Gasteiger partial charge in [0, 0.05) is 47.8 Å². The summed E-state index contributed by atoms with van der Waals surface area (Å²) < 4.78 is 71.3. The second kappa shape index (κ2) is 15.1. The van der Waals surface area contributed by atoms with Gasteiger partial charge in [0.2, 0.25) is 5.41 Å². The lowest BCUT2D eigenvalue weighted by Crippen LogP contribution is -2.45. The summed E-state index contributed by atoms with van der Waals surface area (Å²) in [6.45, 7) is -0.419. The summed E-state index contributed by atoms with van der Waals surface area (Å²) in [6, 6.07) is 23.7. The predicted molar refractivity (Wildman–Crippen MR) is 238 cm³/mol. The van der Waals surface area contributed by atoms with Crippen LogP contribution in [0.5, 0.6) is 0 Å². The largest absolute Gasteiger partial charge is 0.459 e. The number of carbonyl (C=O) groups is 6. The van der Waals surface area contributed by atoms with E-state index < -0.39 is 63.8 Å². The number of hydrogen-bond acceptors (Lipinski definition) is 12. The topological polar surface area (TPSA) is 121 Å². The Morgan fingerprint density at radius 2 is 0.954 bits per heavy atom. The van der Waals surface area contributed by atoms with E-state index in [0.717, 1.165) is 11.3 Å². The van der Waals surface area contributed by atoms with Crippen LogP contribution in [0.2, 0.25) is 0 Å². The molecule has 3 aliphatic rings. The number of hydrogen-bond donors (Lipinski definition) is 0. The lowest BCUT2D eigenvalue weighted by atomic mass is 9.79. The third-order valence-corrected chi connectivity index (χ3v) is 16.5. The summed E-state index contributed by atoms with van der Waals surface area (Å²) in [5.41, 5.74) is -2.14. The Morgan fingerprint density at radius 3 is 1.42 bits per heavy atom. The Kier molecular flexibility index (Phi) is 9.44. The van der Waals surface area contributed by atoms with Crippen LogP contribution in [0.3, 0.4) is 0 Å². The lowest BCUT2D eigenvalue weighted by Gasteiger charge is -2.26. The lowest BCUT2D eigenvalue weighted by molar-refractivity contribution is -0.164. The number of fused-ring (bicyclic) bond motifs is 9. The van der Waals surface area contributed by atoms with Gasteiger partial charge in [0.1, 0.15) is 13.2 Å². The van der Waals surface area contributed by atoms with Crippen molar-refractivity contribution in [2.75, 3.05) is 0 Å². The molecule has 16 heteroatoms. The third-order valence-electron chi connectivity index (χ3n) is 11.4. The van der Waals surface area contributed by atoms with E-state index in [4.69, 9.17) is 9.47 Å². The molecule has 0 aliphatic heterocycles. The van der Waals surface area contributed by atoms with Crippen molar-refractivity contribution in [1.29, 1.82) is 0 Å². The van der Waals surface area contributed by atoms with E-state index in [9.17, 15) is 36.7 Å². The first-order chi connectivity index (χ1) is 31.3.